The highest BCUT2D eigenvalue weighted by Crippen LogP contribution is 2.39. The normalized spacial score (nSPS) is 29.6. The first-order valence-electron chi connectivity index (χ1n) is 7.44. The van der Waals surface area contributed by atoms with Crippen LogP contribution in [-0.2, 0) is 6.42 Å². The van der Waals surface area contributed by atoms with Crippen molar-refractivity contribution in [1.29, 1.82) is 0 Å². The van der Waals surface area contributed by atoms with E-state index in [-0.39, 0.29) is 0 Å². The van der Waals surface area contributed by atoms with E-state index >= 15 is 0 Å². The molecular weight excluding hydrogens is 252 g/mol. The third-order valence-corrected chi connectivity index (χ3v) is 5.65. The van der Waals surface area contributed by atoms with Crippen LogP contribution in [0.3, 0.4) is 0 Å². The molecule has 1 N–H and O–H groups in total. The maximum Gasteiger partial charge on any atom is 0.0362 e. The van der Waals surface area contributed by atoms with Gasteiger partial charge in [-0.15, -0.1) is 0 Å². The Bertz CT molecular complexity index is 374. The van der Waals surface area contributed by atoms with Crippen molar-refractivity contribution in [3.05, 3.63) is 22.4 Å². The average molecular weight is 280 g/mol. The molecule has 19 heavy (non-hydrogen) atoms. The maximum atomic E-state index is 3.62. The minimum absolute atomic E-state index is 0.314. The van der Waals surface area contributed by atoms with Gasteiger partial charge >= 0.3 is 0 Å². The molecule has 0 saturated heterocycles. The van der Waals surface area contributed by atoms with Gasteiger partial charge in [0.1, 0.15) is 0 Å². The predicted molar refractivity (Wildman–Crippen MR) is 84.9 cm³/mol. The lowest BCUT2D eigenvalue weighted by Gasteiger charge is -2.50. The molecule has 0 amide bonds. The average Bonchev–Trinajstić information content (AvgIpc) is 2.88. The number of likely N-dealkylation sites (N-methyl/N-ethyl adjacent to an activating group) is 2. The van der Waals surface area contributed by atoms with E-state index in [1.54, 1.807) is 11.3 Å². The molecule has 0 aromatic carbocycles. The molecule has 0 bridgehead atoms. The number of nitrogens with one attached hydrogen (secondary N) is 1. The Kier molecular flexibility index (Phi) is 5.04. The highest BCUT2D eigenvalue weighted by molar-refractivity contribution is 7.07. The van der Waals surface area contributed by atoms with E-state index in [1.807, 2.05) is 0 Å². The molecule has 1 aromatic rings. The molecule has 1 aliphatic rings. The van der Waals surface area contributed by atoms with Crippen molar-refractivity contribution in [1.82, 2.24) is 10.2 Å². The molecular formula is C16H28N2S. The largest absolute Gasteiger partial charge is 0.315 e. The lowest BCUT2D eigenvalue weighted by molar-refractivity contribution is 0.0399. The van der Waals surface area contributed by atoms with Crippen molar-refractivity contribution in [3.63, 3.8) is 0 Å². The van der Waals surface area contributed by atoms with Crippen LogP contribution in [0.25, 0.3) is 0 Å². The van der Waals surface area contributed by atoms with Gasteiger partial charge in [0.15, 0.2) is 0 Å². The van der Waals surface area contributed by atoms with Crippen LogP contribution in [0.1, 0.15) is 38.2 Å². The Balaban J connectivity index is 2.20. The monoisotopic (exact) mass is 280 g/mol. The molecule has 3 unspecified atom stereocenters. The third-order valence-electron chi connectivity index (χ3n) is 4.92. The summed E-state index contributed by atoms with van der Waals surface area (Å²) in [7, 11) is 6.65. The van der Waals surface area contributed by atoms with Crippen LogP contribution in [0, 0.1) is 5.92 Å². The summed E-state index contributed by atoms with van der Waals surface area (Å²) in [6.45, 7) is 2.41. The summed E-state index contributed by atoms with van der Waals surface area (Å²) in [4.78, 5) is 2.48. The summed E-state index contributed by atoms with van der Waals surface area (Å²) < 4.78 is 0. The summed E-state index contributed by atoms with van der Waals surface area (Å²) >= 11 is 1.81. The first kappa shape index (κ1) is 15.0. The lowest BCUT2D eigenvalue weighted by Crippen LogP contribution is -2.61. The Labute approximate surface area is 122 Å². The van der Waals surface area contributed by atoms with E-state index in [4.69, 9.17) is 0 Å². The number of nitrogens with zero attached hydrogens (tertiary/aromatic N) is 1. The molecule has 2 rings (SSSR count). The van der Waals surface area contributed by atoms with Gasteiger partial charge in [0.25, 0.3) is 0 Å². The van der Waals surface area contributed by atoms with E-state index in [2.05, 4.69) is 55.1 Å². The first-order valence-corrected chi connectivity index (χ1v) is 8.38. The van der Waals surface area contributed by atoms with Gasteiger partial charge in [-0.25, -0.2) is 0 Å². The predicted octanol–water partition coefficient (Wildman–Crippen LogP) is 3.39. The van der Waals surface area contributed by atoms with Gasteiger partial charge < -0.3 is 10.2 Å². The van der Waals surface area contributed by atoms with Gasteiger partial charge in [-0.3, -0.25) is 0 Å². The van der Waals surface area contributed by atoms with Crippen LogP contribution in [0.2, 0.25) is 0 Å². The molecule has 1 aromatic heterocycles. The molecule has 0 spiro atoms. The van der Waals surface area contributed by atoms with Crippen molar-refractivity contribution in [3.8, 4) is 0 Å². The van der Waals surface area contributed by atoms with Gasteiger partial charge in [-0.05, 0) is 68.7 Å². The molecule has 3 atom stereocenters. The van der Waals surface area contributed by atoms with Gasteiger partial charge in [-0.2, -0.15) is 11.3 Å². The van der Waals surface area contributed by atoms with Gasteiger partial charge in [0.2, 0.25) is 0 Å². The van der Waals surface area contributed by atoms with E-state index in [0.29, 0.717) is 11.6 Å². The third kappa shape index (κ3) is 3.21. The van der Waals surface area contributed by atoms with Crippen molar-refractivity contribution < 1.29 is 0 Å². The molecule has 0 aliphatic heterocycles. The second-order valence-corrected chi connectivity index (χ2v) is 7.16. The van der Waals surface area contributed by atoms with E-state index < -0.39 is 0 Å². The number of hydrogen-bond donors (Lipinski definition) is 1. The van der Waals surface area contributed by atoms with Gasteiger partial charge in [0, 0.05) is 11.6 Å². The van der Waals surface area contributed by atoms with E-state index in [1.165, 1.54) is 31.2 Å². The van der Waals surface area contributed by atoms with Crippen molar-refractivity contribution in [2.75, 3.05) is 21.1 Å². The quantitative estimate of drug-likeness (QED) is 0.889. The highest BCUT2D eigenvalue weighted by atomic mass is 32.1. The minimum Gasteiger partial charge on any atom is -0.315 e. The standard InChI is InChI=1S/C16H28N2S/c1-13-6-5-8-16(11-13,18(3)4)15(17-2)10-14-7-9-19-12-14/h7,9,12-13,15,17H,5-6,8,10-11H2,1-4H3. The van der Waals surface area contributed by atoms with Crippen LogP contribution in [0.5, 0.6) is 0 Å². The second kappa shape index (κ2) is 6.38. The molecule has 108 valence electrons. The highest BCUT2D eigenvalue weighted by Gasteiger charge is 2.42. The van der Waals surface area contributed by atoms with Crippen LogP contribution < -0.4 is 5.32 Å². The van der Waals surface area contributed by atoms with E-state index in [9.17, 15) is 0 Å². The molecule has 1 saturated carbocycles. The molecule has 1 aliphatic carbocycles. The zero-order valence-electron chi connectivity index (χ0n) is 12.8. The van der Waals surface area contributed by atoms with Crippen LogP contribution >= 0.6 is 11.3 Å². The fraction of sp³-hybridized carbons (Fsp3) is 0.750. The summed E-state index contributed by atoms with van der Waals surface area (Å²) in [5.74, 6) is 0.842. The minimum atomic E-state index is 0.314. The molecule has 3 heteroatoms. The van der Waals surface area contributed by atoms with Crippen molar-refractivity contribution >= 4 is 11.3 Å². The topological polar surface area (TPSA) is 15.3 Å². The van der Waals surface area contributed by atoms with Crippen LogP contribution in [0.15, 0.2) is 16.8 Å². The van der Waals surface area contributed by atoms with Crippen molar-refractivity contribution in [2.45, 2.75) is 50.6 Å². The first-order chi connectivity index (χ1) is 9.08. The molecule has 0 radical (unpaired) electrons. The second-order valence-electron chi connectivity index (χ2n) is 6.38. The Morgan fingerprint density at radius 3 is 2.84 bits per heavy atom. The summed E-state index contributed by atoms with van der Waals surface area (Å²) in [5, 5.41) is 8.10. The van der Waals surface area contributed by atoms with E-state index in [0.717, 1.165) is 12.3 Å². The zero-order valence-corrected chi connectivity index (χ0v) is 13.6. The Morgan fingerprint density at radius 2 is 2.32 bits per heavy atom. The smallest absolute Gasteiger partial charge is 0.0362 e. The number of thiophene rings is 1. The summed E-state index contributed by atoms with van der Waals surface area (Å²) in [6, 6.07) is 2.81. The molecule has 1 fully saturated rings. The number of hydrogen-bond acceptors (Lipinski definition) is 3. The van der Waals surface area contributed by atoms with Gasteiger partial charge in [-0.1, -0.05) is 19.8 Å². The summed E-state index contributed by atoms with van der Waals surface area (Å²) in [5.41, 5.74) is 1.79. The molecule has 2 nitrogen and oxygen atoms in total. The fourth-order valence-electron chi connectivity index (χ4n) is 3.80. The SMILES string of the molecule is CNC(Cc1ccsc1)C1(N(C)C)CCCC(C)C1. The Morgan fingerprint density at radius 1 is 1.53 bits per heavy atom. The Hall–Kier alpha value is -0.380. The maximum absolute atomic E-state index is 3.62. The molecule has 1 heterocycles. The zero-order chi connectivity index (χ0) is 13.9. The van der Waals surface area contributed by atoms with Crippen LogP contribution in [-0.4, -0.2) is 37.6 Å². The van der Waals surface area contributed by atoms with Gasteiger partial charge in [0.05, 0.1) is 0 Å². The van der Waals surface area contributed by atoms with Crippen molar-refractivity contribution in [2.24, 2.45) is 5.92 Å². The number of rotatable bonds is 5. The fourth-order valence-corrected chi connectivity index (χ4v) is 4.49. The summed E-state index contributed by atoms with van der Waals surface area (Å²) in [6.07, 6.45) is 6.53. The lowest BCUT2D eigenvalue weighted by atomic mass is 9.70. The van der Waals surface area contributed by atoms with Crippen LogP contribution in [0.4, 0.5) is 0 Å².